The second kappa shape index (κ2) is 5.74. The van der Waals surface area contributed by atoms with Gasteiger partial charge in [0.15, 0.2) is 0 Å². The van der Waals surface area contributed by atoms with Crippen molar-refractivity contribution in [1.82, 2.24) is 10.2 Å². The number of fused-ring (bicyclic) bond motifs is 4. The van der Waals surface area contributed by atoms with Gasteiger partial charge in [0.05, 0.1) is 22.1 Å². The average molecular weight is 440 g/mol. The number of hydrogen-bond donors (Lipinski definition) is 1. The lowest BCUT2D eigenvalue weighted by molar-refractivity contribution is -0.361. The molecule has 8 rings (SSSR count). The number of carbonyl (C=O) groups excluding carboxylic acids is 2. The van der Waals surface area contributed by atoms with Gasteiger partial charge in [-0.1, -0.05) is 36.4 Å². The number of nitrogens with one attached hydrogen (secondary N) is 1. The number of piperazine rings is 1. The molecule has 4 saturated heterocycles. The third-order valence-electron chi connectivity index (χ3n) is 8.85. The Morgan fingerprint density at radius 2 is 1.82 bits per heavy atom. The molecule has 2 bridgehead atoms. The lowest BCUT2D eigenvalue weighted by atomic mass is 9.51. The van der Waals surface area contributed by atoms with E-state index in [0.29, 0.717) is 30.8 Å². The van der Waals surface area contributed by atoms with E-state index in [2.05, 4.69) is 19.2 Å². The predicted molar refractivity (Wildman–Crippen MR) is 125 cm³/mol. The molecule has 6 nitrogen and oxygen atoms in total. The van der Waals surface area contributed by atoms with Crippen molar-refractivity contribution in [3.05, 3.63) is 65.4 Å². The van der Waals surface area contributed by atoms with Crippen LogP contribution in [0.25, 0.3) is 16.7 Å². The first-order valence-corrected chi connectivity index (χ1v) is 11.7. The Morgan fingerprint density at radius 1 is 1.06 bits per heavy atom. The van der Waals surface area contributed by atoms with Crippen LogP contribution < -0.4 is 5.32 Å². The summed E-state index contributed by atoms with van der Waals surface area (Å²) in [6.07, 6.45) is 4.04. The monoisotopic (exact) mass is 439 g/mol. The molecule has 1 N–H and O–H groups in total. The molecule has 2 spiro atoms. The minimum Gasteiger partial charge on any atom is -0.618 e. The van der Waals surface area contributed by atoms with Crippen molar-refractivity contribution in [2.75, 3.05) is 6.54 Å². The van der Waals surface area contributed by atoms with Gasteiger partial charge in [-0.25, -0.2) is 0 Å². The molecule has 6 heteroatoms. The molecule has 5 heterocycles. The van der Waals surface area contributed by atoms with Gasteiger partial charge in [0.25, 0.3) is 5.91 Å². The van der Waals surface area contributed by atoms with Crippen LogP contribution in [0.15, 0.2) is 54.6 Å². The van der Waals surface area contributed by atoms with E-state index < -0.39 is 16.5 Å². The molecule has 0 aromatic heterocycles. The highest BCUT2D eigenvalue weighted by Gasteiger charge is 2.74. The Labute approximate surface area is 192 Å². The molecular formula is C27H25N3O3. The van der Waals surface area contributed by atoms with E-state index in [4.69, 9.17) is 0 Å². The smallest absolute Gasteiger partial charge is 0.253 e. The van der Waals surface area contributed by atoms with Crippen LogP contribution in [0, 0.1) is 16.5 Å². The first kappa shape index (κ1) is 19.1. The van der Waals surface area contributed by atoms with E-state index in [-0.39, 0.29) is 17.7 Å². The molecule has 2 aromatic rings. The Hall–Kier alpha value is -3.41. The second-order valence-electron chi connectivity index (χ2n) is 10.7. The van der Waals surface area contributed by atoms with Gasteiger partial charge in [0.1, 0.15) is 11.1 Å². The molecule has 4 fully saturated rings. The van der Waals surface area contributed by atoms with Gasteiger partial charge in [0.2, 0.25) is 17.3 Å². The molecule has 33 heavy (non-hydrogen) atoms. The SMILES string of the molecule is CC1(C)C2=[N+]([O-])c3c(cccc3-c3ccccc3)C2=C[C@@]23NC(=O)[C@]4(CCCN4C2=O)C[C@@H]13. The lowest BCUT2D eigenvalue weighted by Gasteiger charge is -2.62. The van der Waals surface area contributed by atoms with Crippen LogP contribution in [0.1, 0.15) is 38.7 Å². The number of piperidine rings is 2. The van der Waals surface area contributed by atoms with Crippen molar-refractivity contribution in [3.63, 3.8) is 0 Å². The number of nitrogens with zero attached hydrogens (tertiary/aromatic N) is 2. The molecule has 2 amide bonds. The fraction of sp³-hybridized carbons (Fsp3) is 0.370. The molecule has 3 atom stereocenters. The standard InChI is InChI=1S/C27H25N3O3/c1-25(2)20-15-26-12-7-13-29(26)24(32)27(20,28-23(26)31)14-19-18-11-6-10-17(16-8-4-3-5-9-16)21(18)30(33)22(19)25/h3-6,8-11,14,20H,7,12-13,15H2,1-2H3,(H,28,31)/t20-,26-,27-/m0/s1. The number of amides is 2. The summed E-state index contributed by atoms with van der Waals surface area (Å²) in [5.74, 6) is -0.225. The maximum atomic E-state index is 13.9. The Balaban J connectivity index is 1.51. The van der Waals surface area contributed by atoms with E-state index in [1.54, 1.807) is 0 Å². The summed E-state index contributed by atoms with van der Waals surface area (Å²) in [6, 6.07) is 15.8. The zero-order chi connectivity index (χ0) is 22.8. The predicted octanol–water partition coefficient (Wildman–Crippen LogP) is 3.62. The van der Waals surface area contributed by atoms with Crippen LogP contribution in [0.2, 0.25) is 0 Å². The third kappa shape index (κ3) is 2.00. The van der Waals surface area contributed by atoms with Gasteiger partial charge >= 0.3 is 0 Å². The Kier molecular flexibility index (Phi) is 3.32. The van der Waals surface area contributed by atoms with E-state index in [9.17, 15) is 14.8 Å². The zero-order valence-corrected chi connectivity index (χ0v) is 18.7. The van der Waals surface area contributed by atoms with Crippen molar-refractivity contribution < 1.29 is 14.3 Å². The molecule has 2 aromatic carbocycles. The summed E-state index contributed by atoms with van der Waals surface area (Å²) < 4.78 is 1.09. The largest absolute Gasteiger partial charge is 0.618 e. The molecule has 0 unspecified atom stereocenters. The summed E-state index contributed by atoms with van der Waals surface area (Å²) in [5.41, 5.74) is 2.33. The van der Waals surface area contributed by atoms with Crippen molar-refractivity contribution in [2.45, 2.75) is 44.2 Å². The van der Waals surface area contributed by atoms with Crippen molar-refractivity contribution in [3.8, 4) is 11.1 Å². The first-order valence-electron chi connectivity index (χ1n) is 11.7. The van der Waals surface area contributed by atoms with E-state index in [1.807, 2.05) is 59.5 Å². The number of allylic oxidation sites excluding steroid dienone is 1. The van der Waals surface area contributed by atoms with Crippen molar-refractivity contribution in [2.24, 2.45) is 11.3 Å². The number of para-hydroxylation sites is 1. The molecule has 166 valence electrons. The second-order valence-corrected chi connectivity index (χ2v) is 10.7. The average Bonchev–Trinajstić information content (AvgIpc) is 3.36. The Bertz CT molecular complexity index is 1340. The van der Waals surface area contributed by atoms with E-state index >= 15 is 0 Å². The van der Waals surface area contributed by atoms with Gasteiger partial charge in [-0.05, 0) is 56.9 Å². The van der Waals surface area contributed by atoms with Crippen LogP contribution in [-0.4, -0.2) is 44.8 Å². The van der Waals surface area contributed by atoms with E-state index in [1.165, 1.54) is 0 Å². The van der Waals surface area contributed by atoms with Gasteiger partial charge in [-0.3, -0.25) is 9.59 Å². The van der Waals surface area contributed by atoms with Crippen molar-refractivity contribution in [1.29, 1.82) is 0 Å². The maximum Gasteiger partial charge on any atom is 0.253 e. The van der Waals surface area contributed by atoms with Gasteiger partial charge in [-0.15, -0.1) is 0 Å². The highest BCUT2D eigenvalue weighted by atomic mass is 16.5. The fourth-order valence-electron chi connectivity index (χ4n) is 7.38. The van der Waals surface area contributed by atoms with Gasteiger partial charge < -0.3 is 15.4 Å². The van der Waals surface area contributed by atoms with Crippen LogP contribution in [0.5, 0.6) is 0 Å². The fourth-order valence-corrected chi connectivity index (χ4v) is 7.38. The van der Waals surface area contributed by atoms with Gasteiger partial charge in [-0.2, -0.15) is 4.74 Å². The highest BCUT2D eigenvalue weighted by Crippen LogP contribution is 2.60. The minimum absolute atomic E-state index is 0.0133. The minimum atomic E-state index is -1.10. The molecule has 5 aliphatic heterocycles. The number of carbonyl (C=O) groups is 2. The summed E-state index contributed by atoms with van der Waals surface area (Å²) in [4.78, 5) is 29.0. The van der Waals surface area contributed by atoms with E-state index in [0.717, 1.165) is 33.4 Å². The zero-order valence-electron chi connectivity index (χ0n) is 18.7. The first-order chi connectivity index (χ1) is 15.8. The molecule has 0 radical (unpaired) electrons. The van der Waals surface area contributed by atoms with Crippen LogP contribution in [0.4, 0.5) is 5.69 Å². The summed E-state index contributed by atoms with van der Waals surface area (Å²) in [7, 11) is 0. The quantitative estimate of drug-likeness (QED) is 0.545. The highest BCUT2D eigenvalue weighted by molar-refractivity contribution is 6.30. The molecular weight excluding hydrogens is 414 g/mol. The van der Waals surface area contributed by atoms with Crippen molar-refractivity contribution >= 4 is 28.8 Å². The topological polar surface area (TPSA) is 75.5 Å². The molecule has 0 saturated carbocycles. The number of rotatable bonds is 1. The Morgan fingerprint density at radius 3 is 2.61 bits per heavy atom. The lowest BCUT2D eigenvalue weighted by Crippen LogP contribution is -2.83. The summed E-state index contributed by atoms with van der Waals surface area (Å²) in [5, 5.41) is 17.1. The maximum absolute atomic E-state index is 13.9. The van der Waals surface area contributed by atoms with Crippen LogP contribution in [0.3, 0.4) is 0 Å². The normalized spacial score (nSPS) is 32.7. The number of hydrogen-bond acceptors (Lipinski definition) is 3. The molecule has 1 aliphatic carbocycles. The summed E-state index contributed by atoms with van der Waals surface area (Å²) >= 11 is 0. The van der Waals surface area contributed by atoms with Crippen LogP contribution in [-0.2, 0) is 9.59 Å². The molecule has 6 aliphatic rings. The van der Waals surface area contributed by atoms with Gasteiger partial charge in [0, 0.05) is 12.5 Å². The van der Waals surface area contributed by atoms with Crippen LogP contribution >= 0.6 is 0 Å². The number of benzene rings is 2. The third-order valence-corrected chi connectivity index (χ3v) is 8.85. The summed E-state index contributed by atoms with van der Waals surface area (Å²) in [6.45, 7) is 4.76.